The fraction of sp³-hybridized carbons (Fsp3) is 0.700. The number of aliphatic hydroxyl groups is 1. The Labute approximate surface area is 145 Å². The van der Waals surface area contributed by atoms with Gasteiger partial charge in [0, 0.05) is 18.3 Å². The van der Waals surface area contributed by atoms with Crippen molar-refractivity contribution in [2.24, 2.45) is 11.8 Å². The van der Waals surface area contributed by atoms with Crippen LogP contribution >= 0.6 is 0 Å². The van der Waals surface area contributed by atoms with Crippen molar-refractivity contribution in [2.45, 2.75) is 77.2 Å². The summed E-state index contributed by atoms with van der Waals surface area (Å²) in [4.78, 5) is 22.4. The zero-order valence-electron chi connectivity index (χ0n) is 14.8. The number of aliphatic carboxylic acids is 1. The topological polar surface area (TPSA) is 74.6 Å². The van der Waals surface area contributed by atoms with Crippen LogP contribution < -0.4 is 0 Å². The highest BCUT2D eigenvalue weighted by Crippen LogP contribution is 2.29. The Morgan fingerprint density at radius 1 is 1.21 bits per heavy atom. The zero-order valence-corrected chi connectivity index (χ0v) is 14.8. The summed E-state index contributed by atoms with van der Waals surface area (Å²) >= 11 is 0. The summed E-state index contributed by atoms with van der Waals surface area (Å²) in [5.74, 6) is -0.482. The summed E-state index contributed by atoms with van der Waals surface area (Å²) in [6, 6.07) is 0. The first-order valence-corrected chi connectivity index (χ1v) is 9.34. The first kappa shape index (κ1) is 20.6. The molecule has 136 valence electrons. The lowest BCUT2D eigenvalue weighted by Crippen LogP contribution is -2.15. The van der Waals surface area contributed by atoms with Crippen LogP contribution in [0.3, 0.4) is 0 Å². The monoisotopic (exact) mass is 336 g/mol. The molecule has 0 radical (unpaired) electrons. The van der Waals surface area contributed by atoms with Gasteiger partial charge in [0.2, 0.25) is 0 Å². The van der Waals surface area contributed by atoms with Crippen LogP contribution in [0, 0.1) is 11.8 Å². The van der Waals surface area contributed by atoms with Crippen molar-refractivity contribution < 1.29 is 19.8 Å². The molecule has 0 saturated heterocycles. The largest absolute Gasteiger partial charge is 0.481 e. The summed E-state index contributed by atoms with van der Waals surface area (Å²) in [5, 5.41) is 18.6. The summed E-state index contributed by atoms with van der Waals surface area (Å²) in [6.07, 6.45) is 15.7. The second-order valence-electron chi connectivity index (χ2n) is 6.74. The van der Waals surface area contributed by atoms with Crippen LogP contribution in [0.2, 0.25) is 0 Å². The summed E-state index contributed by atoms with van der Waals surface area (Å²) in [7, 11) is 0. The normalized spacial score (nSPS) is 21.7. The maximum Gasteiger partial charge on any atom is 0.303 e. The second kappa shape index (κ2) is 12.0. The van der Waals surface area contributed by atoms with Gasteiger partial charge in [0.05, 0.1) is 6.10 Å². The highest BCUT2D eigenvalue weighted by atomic mass is 16.4. The van der Waals surface area contributed by atoms with Crippen LogP contribution in [0.5, 0.6) is 0 Å². The molecule has 4 nitrogen and oxygen atoms in total. The van der Waals surface area contributed by atoms with Crippen molar-refractivity contribution in [1.82, 2.24) is 0 Å². The van der Waals surface area contributed by atoms with Crippen molar-refractivity contribution in [3.63, 3.8) is 0 Å². The summed E-state index contributed by atoms with van der Waals surface area (Å²) < 4.78 is 0. The minimum Gasteiger partial charge on any atom is -0.481 e. The zero-order chi connectivity index (χ0) is 17.8. The Balaban J connectivity index is 2.29. The molecule has 1 rings (SSSR count). The van der Waals surface area contributed by atoms with Crippen molar-refractivity contribution in [3.05, 3.63) is 24.3 Å². The molecule has 2 N–H and O–H groups in total. The fourth-order valence-corrected chi connectivity index (χ4v) is 3.14. The molecule has 3 atom stereocenters. The number of hydrogen-bond acceptors (Lipinski definition) is 3. The minimum atomic E-state index is -0.743. The Hall–Kier alpha value is -1.42. The molecule has 1 aliphatic carbocycles. The predicted octanol–water partition coefficient (Wildman–Crippen LogP) is 4.28. The van der Waals surface area contributed by atoms with Crippen molar-refractivity contribution >= 4 is 11.8 Å². The molecule has 0 bridgehead atoms. The van der Waals surface area contributed by atoms with Crippen LogP contribution in [-0.2, 0) is 9.59 Å². The molecule has 4 heteroatoms. The molecule has 0 aromatic rings. The lowest BCUT2D eigenvalue weighted by atomic mass is 9.88. The first-order valence-electron chi connectivity index (χ1n) is 9.34. The SMILES string of the molecule is CCCCC[C@H](O)/C=C/[C@H]1C=CC(=O)[C@H]1CCCCCCC(=O)O. The van der Waals surface area contributed by atoms with Gasteiger partial charge in [0.15, 0.2) is 5.78 Å². The Morgan fingerprint density at radius 2 is 1.96 bits per heavy atom. The van der Waals surface area contributed by atoms with Crippen LogP contribution in [0.1, 0.15) is 71.1 Å². The van der Waals surface area contributed by atoms with Gasteiger partial charge in [0.1, 0.15) is 0 Å². The van der Waals surface area contributed by atoms with E-state index >= 15 is 0 Å². The number of rotatable bonds is 13. The standard InChI is InChI=1S/C20H32O4/c1-2-3-6-9-17(21)14-12-16-13-15-19(22)18(16)10-7-4-5-8-11-20(23)24/h12-18,21H,2-11H2,1H3,(H,23,24)/b14-12+/t16-,17-,18-/m0/s1. The number of unbranched alkanes of at least 4 members (excludes halogenated alkanes) is 5. The van der Waals surface area contributed by atoms with E-state index in [9.17, 15) is 14.7 Å². The number of carboxylic acids is 1. The van der Waals surface area contributed by atoms with Gasteiger partial charge >= 0.3 is 5.97 Å². The van der Waals surface area contributed by atoms with E-state index in [1.165, 1.54) is 0 Å². The molecule has 0 aromatic carbocycles. The number of hydrogen-bond donors (Lipinski definition) is 2. The van der Waals surface area contributed by atoms with Crippen molar-refractivity contribution in [3.8, 4) is 0 Å². The van der Waals surface area contributed by atoms with Crippen LogP contribution in [0.25, 0.3) is 0 Å². The van der Waals surface area contributed by atoms with E-state index in [1.54, 1.807) is 6.08 Å². The van der Waals surface area contributed by atoms with Crippen LogP contribution in [0.4, 0.5) is 0 Å². The molecular formula is C20H32O4. The molecule has 0 heterocycles. The second-order valence-corrected chi connectivity index (χ2v) is 6.74. The number of aliphatic hydroxyl groups excluding tert-OH is 1. The maximum absolute atomic E-state index is 12.0. The fourth-order valence-electron chi connectivity index (χ4n) is 3.14. The number of allylic oxidation sites excluding steroid dienone is 3. The summed E-state index contributed by atoms with van der Waals surface area (Å²) in [6.45, 7) is 2.14. The Morgan fingerprint density at radius 3 is 2.67 bits per heavy atom. The highest BCUT2D eigenvalue weighted by molar-refractivity contribution is 5.94. The molecule has 24 heavy (non-hydrogen) atoms. The van der Waals surface area contributed by atoms with Gasteiger partial charge in [-0.1, -0.05) is 63.7 Å². The van der Waals surface area contributed by atoms with Gasteiger partial charge in [-0.3, -0.25) is 9.59 Å². The van der Waals surface area contributed by atoms with Crippen molar-refractivity contribution in [2.75, 3.05) is 0 Å². The minimum absolute atomic E-state index is 0.0106. The van der Waals surface area contributed by atoms with E-state index in [-0.39, 0.29) is 24.0 Å². The number of ketones is 1. The highest BCUT2D eigenvalue weighted by Gasteiger charge is 2.27. The van der Waals surface area contributed by atoms with E-state index in [2.05, 4.69) is 6.92 Å². The molecule has 0 amide bonds. The number of carbonyl (C=O) groups is 2. The molecule has 0 aliphatic heterocycles. The molecule has 0 aromatic heterocycles. The first-order chi connectivity index (χ1) is 11.5. The average Bonchev–Trinajstić information content (AvgIpc) is 2.89. The lowest BCUT2D eigenvalue weighted by molar-refractivity contribution is -0.137. The van der Waals surface area contributed by atoms with Gasteiger partial charge < -0.3 is 10.2 Å². The maximum atomic E-state index is 12.0. The predicted molar refractivity (Wildman–Crippen MR) is 95.8 cm³/mol. The van der Waals surface area contributed by atoms with Gasteiger partial charge in [-0.15, -0.1) is 0 Å². The molecule has 0 spiro atoms. The third-order valence-electron chi connectivity index (χ3n) is 4.63. The van der Waals surface area contributed by atoms with Gasteiger partial charge in [-0.2, -0.15) is 0 Å². The smallest absolute Gasteiger partial charge is 0.303 e. The molecular weight excluding hydrogens is 304 g/mol. The van der Waals surface area contributed by atoms with Crippen LogP contribution in [0.15, 0.2) is 24.3 Å². The van der Waals surface area contributed by atoms with E-state index in [1.807, 2.05) is 18.2 Å². The van der Waals surface area contributed by atoms with E-state index < -0.39 is 12.1 Å². The molecule has 0 saturated carbocycles. The van der Waals surface area contributed by atoms with Gasteiger partial charge in [0.25, 0.3) is 0 Å². The third kappa shape index (κ3) is 8.44. The lowest BCUT2D eigenvalue weighted by Gasteiger charge is -2.15. The quantitative estimate of drug-likeness (QED) is 0.389. The van der Waals surface area contributed by atoms with E-state index in [0.29, 0.717) is 6.42 Å². The average molecular weight is 336 g/mol. The van der Waals surface area contributed by atoms with E-state index in [4.69, 9.17) is 5.11 Å². The summed E-state index contributed by atoms with van der Waals surface area (Å²) in [5.41, 5.74) is 0. The van der Waals surface area contributed by atoms with Crippen molar-refractivity contribution in [1.29, 1.82) is 0 Å². The third-order valence-corrected chi connectivity index (χ3v) is 4.63. The van der Waals surface area contributed by atoms with Gasteiger partial charge in [-0.05, 0) is 25.3 Å². The van der Waals surface area contributed by atoms with E-state index in [0.717, 1.165) is 51.4 Å². The molecule has 1 aliphatic rings. The molecule has 0 unspecified atom stereocenters. The number of carboxylic acid groups (broad SMARTS) is 1. The molecule has 0 fully saturated rings. The number of carbonyl (C=O) groups excluding carboxylic acids is 1. The Bertz CT molecular complexity index is 439. The van der Waals surface area contributed by atoms with Crippen LogP contribution in [-0.4, -0.2) is 28.1 Å². The van der Waals surface area contributed by atoms with Gasteiger partial charge in [-0.25, -0.2) is 0 Å². The Kier molecular flexibility index (Phi) is 10.3.